The fraction of sp³-hybridized carbons (Fsp3) is 0.190. The molecule has 32 heavy (non-hydrogen) atoms. The van der Waals surface area contributed by atoms with Crippen molar-refractivity contribution in [3.8, 4) is 0 Å². The molecule has 0 bridgehead atoms. The van der Waals surface area contributed by atoms with Gasteiger partial charge >= 0.3 is 0 Å². The first-order valence-corrected chi connectivity index (χ1v) is 10.0. The highest BCUT2D eigenvalue weighted by molar-refractivity contribution is 6.30. The third kappa shape index (κ3) is 5.22. The molecule has 0 spiro atoms. The number of primary amides is 1. The maximum Gasteiger partial charge on any atom is 0.277 e. The summed E-state index contributed by atoms with van der Waals surface area (Å²) in [7, 11) is 0. The molecular formula is C21H22ClN7O3. The molecule has 11 heteroatoms. The fourth-order valence-corrected chi connectivity index (χ4v) is 3.11. The van der Waals surface area contributed by atoms with Crippen molar-refractivity contribution in [3.05, 3.63) is 64.4 Å². The number of amides is 3. The van der Waals surface area contributed by atoms with E-state index in [-0.39, 0.29) is 41.3 Å². The van der Waals surface area contributed by atoms with Crippen LogP contribution in [0.5, 0.6) is 0 Å². The Morgan fingerprint density at radius 3 is 2.44 bits per heavy atom. The molecule has 2 heterocycles. The smallest absolute Gasteiger partial charge is 0.277 e. The highest BCUT2D eigenvalue weighted by Gasteiger charge is 2.26. The summed E-state index contributed by atoms with van der Waals surface area (Å²) >= 11 is 5.85. The number of nitrogens with one attached hydrogen (secondary N) is 2. The van der Waals surface area contributed by atoms with Crippen molar-refractivity contribution < 1.29 is 14.4 Å². The minimum atomic E-state index is -0.857. The number of hydrogen-bond acceptors (Lipinski definition) is 6. The molecule has 0 saturated heterocycles. The van der Waals surface area contributed by atoms with Crippen LogP contribution in [0.15, 0.2) is 42.6 Å². The molecule has 0 unspecified atom stereocenters. The Balaban J connectivity index is 1.74. The average Bonchev–Trinajstić information content (AvgIpc) is 3.08. The maximum atomic E-state index is 12.8. The molecule has 1 aromatic carbocycles. The summed E-state index contributed by atoms with van der Waals surface area (Å²) in [6.07, 6.45) is 1.55. The predicted octanol–water partition coefficient (Wildman–Crippen LogP) is 2.63. The van der Waals surface area contributed by atoms with Crippen LogP contribution in [0, 0.1) is 0 Å². The monoisotopic (exact) mass is 455 g/mol. The van der Waals surface area contributed by atoms with Crippen LogP contribution >= 0.6 is 11.6 Å². The van der Waals surface area contributed by atoms with E-state index in [1.54, 1.807) is 38.1 Å². The fourth-order valence-electron chi connectivity index (χ4n) is 2.98. The van der Waals surface area contributed by atoms with Crippen LogP contribution in [-0.2, 0) is 11.2 Å². The quantitative estimate of drug-likeness (QED) is 0.428. The van der Waals surface area contributed by atoms with Gasteiger partial charge in [0.15, 0.2) is 5.69 Å². The van der Waals surface area contributed by atoms with Crippen molar-refractivity contribution in [1.82, 2.24) is 14.8 Å². The predicted molar refractivity (Wildman–Crippen MR) is 122 cm³/mol. The van der Waals surface area contributed by atoms with Gasteiger partial charge in [-0.25, -0.2) is 9.67 Å². The topological polar surface area (TPSA) is 158 Å². The molecule has 0 radical (unpaired) electrons. The van der Waals surface area contributed by atoms with Crippen molar-refractivity contribution in [3.63, 3.8) is 0 Å². The van der Waals surface area contributed by atoms with Gasteiger partial charge in [-0.05, 0) is 37.6 Å². The highest BCUT2D eigenvalue weighted by atomic mass is 35.5. The Morgan fingerprint density at radius 2 is 1.81 bits per heavy atom. The van der Waals surface area contributed by atoms with Crippen LogP contribution in [0.25, 0.3) is 0 Å². The molecule has 3 amide bonds. The molecule has 0 saturated carbocycles. The van der Waals surface area contributed by atoms with Gasteiger partial charge in [-0.3, -0.25) is 14.4 Å². The van der Waals surface area contributed by atoms with Crippen LogP contribution < -0.4 is 22.1 Å². The number of nitrogen functional groups attached to an aromatic ring is 1. The zero-order valence-corrected chi connectivity index (χ0v) is 18.2. The van der Waals surface area contributed by atoms with Gasteiger partial charge in [0.25, 0.3) is 11.8 Å². The molecule has 0 aliphatic carbocycles. The van der Waals surface area contributed by atoms with Gasteiger partial charge < -0.3 is 22.1 Å². The Bertz CT molecular complexity index is 1170. The normalized spacial score (nSPS) is 10.8. The van der Waals surface area contributed by atoms with Gasteiger partial charge in [0.1, 0.15) is 17.2 Å². The van der Waals surface area contributed by atoms with E-state index in [4.69, 9.17) is 23.1 Å². The van der Waals surface area contributed by atoms with Gasteiger partial charge in [-0.1, -0.05) is 23.7 Å². The number of nitrogens with zero attached hydrogens (tertiary/aromatic N) is 3. The number of rotatable bonds is 7. The number of carbonyl (C=O) groups excluding carboxylic acids is 3. The number of anilines is 3. The zero-order valence-electron chi connectivity index (χ0n) is 17.4. The molecule has 3 rings (SSSR count). The van der Waals surface area contributed by atoms with Gasteiger partial charge in [0.05, 0.1) is 6.42 Å². The van der Waals surface area contributed by atoms with Gasteiger partial charge in [0.2, 0.25) is 5.91 Å². The van der Waals surface area contributed by atoms with Crippen molar-refractivity contribution in [2.75, 3.05) is 16.4 Å². The third-order valence-electron chi connectivity index (χ3n) is 4.46. The van der Waals surface area contributed by atoms with Gasteiger partial charge in [-0.15, -0.1) is 0 Å². The number of carbonyl (C=O) groups is 3. The number of benzene rings is 1. The van der Waals surface area contributed by atoms with E-state index < -0.39 is 11.8 Å². The lowest BCUT2D eigenvalue weighted by molar-refractivity contribution is -0.115. The standard InChI is InChI=1S/C21H22ClN7O3/c1-11(2)29-19(23)17(20(24)31)18(28-29)21(32)26-14-7-8-25-15(10-14)27-16(30)9-12-3-5-13(22)6-4-12/h3-8,10-11H,9,23H2,1-2H3,(H2,24,31)(H2,25,26,27,30,32). The molecule has 0 fully saturated rings. The molecule has 0 atom stereocenters. The van der Waals surface area contributed by atoms with Crippen LogP contribution in [0.2, 0.25) is 5.02 Å². The second-order valence-corrected chi connectivity index (χ2v) is 7.68. The van der Waals surface area contributed by atoms with Crippen LogP contribution in [-0.4, -0.2) is 32.5 Å². The first-order valence-electron chi connectivity index (χ1n) is 9.65. The summed E-state index contributed by atoms with van der Waals surface area (Å²) in [6, 6.07) is 9.73. The number of halogens is 1. The SMILES string of the molecule is CC(C)n1nc(C(=O)Nc2ccnc(NC(=O)Cc3ccc(Cl)cc3)c2)c(C(N)=O)c1N. The van der Waals surface area contributed by atoms with E-state index in [1.165, 1.54) is 23.0 Å². The van der Waals surface area contributed by atoms with E-state index in [1.807, 2.05) is 0 Å². The van der Waals surface area contributed by atoms with E-state index in [0.29, 0.717) is 10.7 Å². The van der Waals surface area contributed by atoms with E-state index >= 15 is 0 Å². The first kappa shape index (κ1) is 22.8. The Labute approximate surface area is 188 Å². The van der Waals surface area contributed by atoms with Gasteiger partial charge in [-0.2, -0.15) is 5.10 Å². The van der Waals surface area contributed by atoms with Crippen molar-refractivity contribution in [2.45, 2.75) is 26.3 Å². The minimum Gasteiger partial charge on any atom is -0.383 e. The minimum absolute atomic E-state index is 0.0162. The lowest BCUT2D eigenvalue weighted by Gasteiger charge is -2.08. The molecule has 0 aliphatic heterocycles. The number of aromatic nitrogens is 3. The molecule has 166 valence electrons. The van der Waals surface area contributed by atoms with Crippen LogP contribution in [0.4, 0.5) is 17.3 Å². The molecule has 3 aromatic rings. The summed E-state index contributed by atoms with van der Waals surface area (Å²) < 4.78 is 1.35. The Hall–Kier alpha value is -3.92. The second kappa shape index (κ2) is 9.48. The summed E-state index contributed by atoms with van der Waals surface area (Å²) in [4.78, 5) is 41.0. The summed E-state index contributed by atoms with van der Waals surface area (Å²) in [5, 5.41) is 10.0. The molecule has 6 N–H and O–H groups in total. The lowest BCUT2D eigenvalue weighted by atomic mass is 10.1. The van der Waals surface area contributed by atoms with Gasteiger partial charge in [0, 0.05) is 29.0 Å². The Morgan fingerprint density at radius 1 is 1.12 bits per heavy atom. The van der Waals surface area contributed by atoms with E-state index in [0.717, 1.165) is 5.56 Å². The van der Waals surface area contributed by atoms with Crippen molar-refractivity contribution >= 4 is 46.6 Å². The van der Waals surface area contributed by atoms with Crippen LogP contribution in [0.3, 0.4) is 0 Å². The summed E-state index contributed by atoms with van der Waals surface area (Å²) in [5.74, 6) is -1.56. The third-order valence-corrected chi connectivity index (χ3v) is 4.71. The Kier molecular flexibility index (Phi) is 6.74. The van der Waals surface area contributed by atoms with E-state index in [9.17, 15) is 14.4 Å². The first-order chi connectivity index (χ1) is 15.2. The number of pyridine rings is 1. The van der Waals surface area contributed by atoms with Crippen molar-refractivity contribution in [2.24, 2.45) is 5.73 Å². The maximum absolute atomic E-state index is 12.8. The molecule has 2 aromatic heterocycles. The average molecular weight is 456 g/mol. The zero-order chi connectivity index (χ0) is 23.4. The number of hydrogen-bond donors (Lipinski definition) is 4. The summed E-state index contributed by atoms with van der Waals surface area (Å²) in [5.41, 5.74) is 12.1. The number of nitrogens with two attached hydrogens (primary N) is 2. The second-order valence-electron chi connectivity index (χ2n) is 7.25. The molecular weight excluding hydrogens is 434 g/mol. The lowest BCUT2D eigenvalue weighted by Crippen LogP contribution is -2.21. The van der Waals surface area contributed by atoms with Crippen molar-refractivity contribution in [1.29, 1.82) is 0 Å². The largest absolute Gasteiger partial charge is 0.383 e. The summed E-state index contributed by atoms with van der Waals surface area (Å²) in [6.45, 7) is 3.61. The van der Waals surface area contributed by atoms with Crippen LogP contribution in [0.1, 0.15) is 46.3 Å². The molecule has 10 nitrogen and oxygen atoms in total. The van der Waals surface area contributed by atoms with E-state index in [2.05, 4.69) is 20.7 Å². The highest BCUT2D eigenvalue weighted by Crippen LogP contribution is 2.22. The molecule has 0 aliphatic rings.